The van der Waals surface area contributed by atoms with Crippen molar-refractivity contribution in [2.24, 2.45) is 10.9 Å². The van der Waals surface area contributed by atoms with E-state index in [1.807, 2.05) is 49.4 Å². The minimum atomic E-state index is -0.632. The van der Waals surface area contributed by atoms with Gasteiger partial charge in [0.15, 0.2) is 5.78 Å². The SMILES string of the molecule is COc1ccccc1[C@@H]1C2=C(C[C@@H](c3ccccc3)CC2=O)N=C(C)C1C(=O)OC1CCCC1. The number of ether oxygens (including phenoxy) is 2. The van der Waals surface area contributed by atoms with E-state index in [1.165, 1.54) is 0 Å². The average Bonchev–Trinajstić information content (AvgIpc) is 3.36. The number of rotatable bonds is 5. The summed E-state index contributed by atoms with van der Waals surface area (Å²) in [6, 6.07) is 17.8. The summed E-state index contributed by atoms with van der Waals surface area (Å²) in [6.07, 6.45) is 5.02. The van der Waals surface area contributed by atoms with Crippen molar-refractivity contribution >= 4 is 17.5 Å². The van der Waals surface area contributed by atoms with Gasteiger partial charge in [-0.2, -0.15) is 0 Å². The third-order valence-corrected chi connectivity index (χ3v) is 7.47. The fourth-order valence-corrected chi connectivity index (χ4v) is 5.83. The van der Waals surface area contributed by atoms with Crippen LogP contribution in [0.1, 0.15) is 68.4 Å². The number of ketones is 1. The minimum Gasteiger partial charge on any atom is -0.496 e. The lowest BCUT2D eigenvalue weighted by Gasteiger charge is -2.37. The van der Waals surface area contributed by atoms with Crippen molar-refractivity contribution in [1.82, 2.24) is 0 Å². The van der Waals surface area contributed by atoms with Crippen molar-refractivity contribution in [3.63, 3.8) is 0 Å². The Labute approximate surface area is 200 Å². The van der Waals surface area contributed by atoms with Crippen molar-refractivity contribution in [1.29, 1.82) is 0 Å². The van der Waals surface area contributed by atoms with Crippen LogP contribution in [0.25, 0.3) is 0 Å². The first-order valence-corrected chi connectivity index (χ1v) is 12.3. The highest BCUT2D eigenvalue weighted by atomic mass is 16.5. The first-order valence-electron chi connectivity index (χ1n) is 12.3. The van der Waals surface area contributed by atoms with Crippen LogP contribution in [0.15, 0.2) is 70.9 Å². The quantitative estimate of drug-likeness (QED) is 0.536. The van der Waals surface area contributed by atoms with E-state index < -0.39 is 11.8 Å². The standard InChI is InChI=1S/C29H31NO4/c1-18-26(29(32)34-21-12-6-7-13-21)27(22-14-8-9-15-25(22)33-2)28-23(30-18)16-20(17-24(28)31)19-10-4-3-5-11-19/h3-5,8-11,14-15,20-21,26-27H,6-7,12-13,16-17H2,1-2H3/t20-,26?,27+/m1/s1. The number of nitrogens with zero attached hydrogens (tertiary/aromatic N) is 1. The van der Waals surface area contributed by atoms with E-state index in [2.05, 4.69) is 12.1 Å². The Morgan fingerprint density at radius 1 is 0.971 bits per heavy atom. The van der Waals surface area contributed by atoms with Gasteiger partial charge in [-0.25, -0.2) is 0 Å². The molecule has 0 bridgehead atoms. The summed E-state index contributed by atoms with van der Waals surface area (Å²) in [6.45, 7) is 1.89. The minimum absolute atomic E-state index is 0.0430. The molecule has 0 radical (unpaired) electrons. The van der Waals surface area contributed by atoms with E-state index in [4.69, 9.17) is 14.5 Å². The number of esters is 1. The van der Waals surface area contributed by atoms with Gasteiger partial charge in [0.25, 0.3) is 0 Å². The number of benzene rings is 2. The molecule has 0 amide bonds. The van der Waals surface area contributed by atoms with Gasteiger partial charge in [-0.15, -0.1) is 0 Å². The molecule has 5 heteroatoms. The van der Waals surface area contributed by atoms with Gasteiger partial charge in [-0.3, -0.25) is 14.6 Å². The summed E-state index contributed by atoms with van der Waals surface area (Å²) in [5, 5.41) is 0. The fraction of sp³-hybridized carbons (Fsp3) is 0.414. The third kappa shape index (κ3) is 4.20. The number of carbonyl (C=O) groups is 2. The van der Waals surface area contributed by atoms with Gasteiger partial charge in [0, 0.05) is 34.9 Å². The molecule has 5 nitrogen and oxygen atoms in total. The second-order valence-electron chi connectivity index (χ2n) is 9.59. The molecule has 2 aromatic rings. The Kier molecular flexibility index (Phi) is 6.36. The lowest BCUT2D eigenvalue weighted by molar-refractivity contribution is -0.151. The number of hydrogen-bond acceptors (Lipinski definition) is 5. The molecule has 34 heavy (non-hydrogen) atoms. The van der Waals surface area contributed by atoms with Gasteiger partial charge in [-0.1, -0.05) is 48.5 Å². The van der Waals surface area contributed by atoms with Crippen LogP contribution in [0.2, 0.25) is 0 Å². The molecule has 0 N–H and O–H groups in total. The maximum Gasteiger partial charge on any atom is 0.315 e. The van der Waals surface area contributed by atoms with E-state index in [9.17, 15) is 9.59 Å². The van der Waals surface area contributed by atoms with Crippen LogP contribution in [0.4, 0.5) is 0 Å². The van der Waals surface area contributed by atoms with Gasteiger partial charge in [0.1, 0.15) is 17.8 Å². The zero-order valence-corrected chi connectivity index (χ0v) is 19.8. The Morgan fingerprint density at radius 3 is 2.41 bits per heavy atom. The van der Waals surface area contributed by atoms with Crippen molar-refractivity contribution in [2.75, 3.05) is 7.11 Å². The summed E-state index contributed by atoms with van der Waals surface area (Å²) in [5.41, 5.74) is 4.14. The van der Waals surface area contributed by atoms with Crippen LogP contribution in [0, 0.1) is 5.92 Å². The first kappa shape index (κ1) is 22.6. The highest BCUT2D eigenvalue weighted by Crippen LogP contribution is 2.48. The number of carbonyl (C=O) groups excluding carboxylic acids is 2. The van der Waals surface area contributed by atoms with Crippen molar-refractivity contribution in [2.45, 2.75) is 63.4 Å². The third-order valence-electron chi connectivity index (χ3n) is 7.47. The highest BCUT2D eigenvalue weighted by molar-refractivity contribution is 6.09. The molecule has 1 unspecified atom stereocenters. The number of allylic oxidation sites excluding steroid dienone is 2. The molecule has 176 valence electrons. The topological polar surface area (TPSA) is 65.0 Å². The molecule has 1 fully saturated rings. The van der Waals surface area contributed by atoms with Crippen molar-refractivity contribution in [3.05, 3.63) is 77.0 Å². The summed E-state index contributed by atoms with van der Waals surface area (Å²) in [5.74, 6) is -0.556. The van der Waals surface area contributed by atoms with Crippen LogP contribution in [0.5, 0.6) is 5.75 Å². The van der Waals surface area contributed by atoms with Gasteiger partial charge in [-0.05, 0) is 56.6 Å². The molecular formula is C29H31NO4. The number of aliphatic imine (C=N–C) groups is 1. The van der Waals surface area contributed by atoms with Crippen LogP contribution in [0.3, 0.4) is 0 Å². The zero-order chi connectivity index (χ0) is 23.7. The second-order valence-corrected chi connectivity index (χ2v) is 9.59. The molecule has 0 spiro atoms. The number of methoxy groups -OCH3 is 1. The fourth-order valence-electron chi connectivity index (χ4n) is 5.83. The average molecular weight is 458 g/mol. The predicted molar refractivity (Wildman–Crippen MR) is 131 cm³/mol. The second kappa shape index (κ2) is 9.57. The molecular weight excluding hydrogens is 426 g/mol. The van der Waals surface area contributed by atoms with Gasteiger partial charge < -0.3 is 9.47 Å². The van der Waals surface area contributed by atoms with Crippen LogP contribution < -0.4 is 4.74 Å². The van der Waals surface area contributed by atoms with E-state index in [-0.39, 0.29) is 23.8 Å². The summed E-state index contributed by atoms with van der Waals surface area (Å²) in [4.78, 5) is 32.1. The maximum atomic E-state index is 13.7. The number of para-hydroxylation sites is 1. The molecule has 1 heterocycles. The molecule has 1 saturated carbocycles. The maximum absolute atomic E-state index is 13.7. The summed E-state index contributed by atoms with van der Waals surface area (Å²) >= 11 is 0. The van der Waals surface area contributed by atoms with Gasteiger partial charge in [0.05, 0.1) is 7.11 Å². The predicted octanol–water partition coefficient (Wildman–Crippen LogP) is 5.76. The smallest absolute Gasteiger partial charge is 0.315 e. The zero-order valence-electron chi connectivity index (χ0n) is 19.8. The van der Waals surface area contributed by atoms with Gasteiger partial charge in [0.2, 0.25) is 0 Å². The van der Waals surface area contributed by atoms with Crippen molar-refractivity contribution < 1.29 is 19.1 Å². The normalized spacial score (nSPS) is 25.1. The van der Waals surface area contributed by atoms with Crippen LogP contribution >= 0.6 is 0 Å². The molecule has 2 aromatic carbocycles. The Bertz CT molecular complexity index is 1140. The van der Waals surface area contributed by atoms with E-state index in [0.29, 0.717) is 29.9 Å². The molecule has 5 rings (SSSR count). The Balaban J connectivity index is 1.57. The van der Waals surface area contributed by atoms with Gasteiger partial charge >= 0.3 is 5.97 Å². The van der Waals surface area contributed by atoms with Crippen LogP contribution in [-0.2, 0) is 14.3 Å². The first-order chi connectivity index (χ1) is 16.6. The molecule has 0 saturated heterocycles. The lowest BCUT2D eigenvalue weighted by Crippen LogP contribution is -2.39. The largest absolute Gasteiger partial charge is 0.496 e. The monoisotopic (exact) mass is 457 g/mol. The van der Waals surface area contributed by atoms with Crippen molar-refractivity contribution in [3.8, 4) is 5.75 Å². The highest BCUT2D eigenvalue weighted by Gasteiger charge is 2.46. The van der Waals surface area contributed by atoms with Crippen LogP contribution in [-0.4, -0.2) is 30.7 Å². The number of Topliss-reactive ketones (excluding diaryl/α,β-unsaturated/α-hetero) is 1. The van der Waals surface area contributed by atoms with E-state index in [1.54, 1.807) is 7.11 Å². The lowest BCUT2D eigenvalue weighted by atomic mass is 9.69. The van der Waals surface area contributed by atoms with E-state index in [0.717, 1.165) is 42.5 Å². The molecule has 3 aliphatic rings. The summed E-state index contributed by atoms with van der Waals surface area (Å²) in [7, 11) is 1.62. The molecule has 0 aromatic heterocycles. The Morgan fingerprint density at radius 2 is 1.68 bits per heavy atom. The van der Waals surface area contributed by atoms with E-state index >= 15 is 0 Å². The molecule has 2 aliphatic carbocycles. The summed E-state index contributed by atoms with van der Waals surface area (Å²) < 4.78 is 11.6. The molecule has 3 atom stereocenters. The Hall–Kier alpha value is -3.21. The molecule has 1 aliphatic heterocycles. The number of hydrogen-bond donors (Lipinski definition) is 0.